The van der Waals surface area contributed by atoms with E-state index in [1.54, 1.807) is 0 Å². The zero-order chi connectivity index (χ0) is 12.2. The van der Waals surface area contributed by atoms with Crippen molar-refractivity contribution in [1.29, 1.82) is 0 Å². The third-order valence-corrected chi connectivity index (χ3v) is 4.14. The first-order valence-electron chi connectivity index (χ1n) is 6.13. The first-order valence-corrected chi connectivity index (χ1v) is 6.13. The van der Waals surface area contributed by atoms with Gasteiger partial charge in [0, 0.05) is 18.8 Å². The van der Waals surface area contributed by atoms with Crippen molar-refractivity contribution in [3.63, 3.8) is 0 Å². The molecule has 0 bridgehead atoms. The van der Waals surface area contributed by atoms with Gasteiger partial charge in [0.05, 0.1) is 0 Å². The molecule has 3 rings (SSSR count). The van der Waals surface area contributed by atoms with Gasteiger partial charge in [0.15, 0.2) is 0 Å². The van der Waals surface area contributed by atoms with Gasteiger partial charge in [-0.3, -0.25) is 4.98 Å². The molecule has 0 saturated carbocycles. The number of rotatable bonds is 0. The molecule has 1 aliphatic carbocycles. The number of pyridine rings is 1. The Hall–Kier alpha value is -1.63. The van der Waals surface area contributed by atoms with Gasteiger partial charge in [0.25, 0.3) is 0 Å². The highest BCUT2D eigenvalue weighted by Crippen LogP contribution is 2.41. The van der Waals surface area contributed by atoms with Gasteiger partial charge < -0.3 is 0 Å². The van der Waals surface area contributed by atoms with Gasteiger partial charge in [-0.2, -0.15) is 0 Å². The SMILES string of the molecule is Cc1cc2c(c(C)c1C)Cc1cncc(C)c1-2. The van der Waals surface area contributed by atoms with Crippen molar-refractivity contribution in [1.82, 2.24) is 4.98 Å². The summed E-state index contributed by atoms with van der Waals surface area (Å²) in [5, 5.41) is 0. The molecule has 0 aliphatic heterocycles. The number of fused-ring (bicyclic) bond motifs is 3. The molecular formula is C16H17N. The second kappa shape index (κ2) is 3.43. The summed E-state index contributed by atoms with van der Waals surface area (Å²) < 4.78 is 0. The molecule has 0 atom stereocenters. The second-order valence-corrected chi connectivity index (χ2v) is 5.14. The molecule has 1 aliphatic rings. The Balaban J connectivity index is 2.37. The maximum atomic E-state index is 4.31. The standard InChI is InChI=1S/C16H17N/c1-9-5-15-14(12(4)11(9)3)6-13-8-17-7-10(2)16(13)15/h5,7-8H,6H2,1-4H3. The fraction of sp³-hybridized carbons (Fsp3) is 0.312. The minimum absolute atomic E-state index is 1.05. The number of nitrogens with zero attached hydrogens (tertiary/aromatic N) is 1. The maximum absolute atomic E-state index is 4.31. The molecule has 2 aromatic rings. The lowest BCUT2D eigenvalue weighted by Gasteiger charge is -2.12. The zero-order valence-electron chi connectivity index (χ0n) is 10.9. The molecule has 1 aromatic carbocycles. The van der Waals surface area contributed by atoms with E-state index >= 15 is 0 Å². The lowest BCUT2D eigenvalue weighted by atomic mass is 9.93. The van der Waals surface area contributed by atoms with Crippen LogP contribution in [-0.2, 0) is 6.42 Å². The van der Waals surface area contributed by atoms with Gasteiger partial charge in [-0.15, -0.1) is 0 Å². The van der Waals surface area contributed by atoms with E-state index in [-0.39, 0.29) is 0 Å². The molecule has 0 saturated heterocycles. The van der Waals surface area contributed by atoms with Crippen LogP contribution in [0.1, 0.15) is 33.4 Å². The van der Waals surface area contributed by atoms with E-state index in [0.29, 0.717) is 0 Å². The third kappa shape index (κ3) is 1.35. The Kier molecular flexibility index (Phi) is 2.12. The van der Waals surface area contributed by atoms with E-state index in [1.165, 1.54) is 44.5 Å². The molecule has 0 amide bonds. The highest BCUT2D eigenvalue weighted by atomic mass is 14.6. The summed E-state index contributed by atoms with van der Waals surface area (Å²) >= 11 is 0. The second-order valence-electron chi connectivity index (χ2n) is 5.14. The predicted molar refractivity (Wildman–Crippen MR) is 71.4 cm³/mol. The Morgan fingerprint density at radius 2 is 1.71 bits per heavy atom. The molecule has 0 radical (unpaired) electrons. The van der Waals surface area contributed by atoms with Gasteiger partial charge in [-0.05, 0) is 72.2 Å². The van der Waals surface area contributed by atoms with Crippen molar-refractivity contribution in [2.24, 2.45) is 0 Å². The Morgan fingerprint density at radius 1 is 0.941 bits per heavy atom. The van der Waals surface area contributed by atoms with Crippen LogP contribution >= 0.6 is 0 Å². The fourth-order valence-electron chi connectivity index (χ4n) is 2.92. The Labute approximate surface area is 103 Å². The molecule has 0 N–H and O–H groups in total. The maximum Gasteiger partial charge on any atom is 0.0309 e. The van der Waals surface area contributed by atoms with Crippen molar-refractivity contribution in [2.75, 3.05) is 0 Å². The lowest BCUT2D eigenvalue weighted by molar-refractivity contribution is 1.14. The van der Waals surface area contributed by atoms with Crippen LogP contribution < -0.4 is 0 Å². The Morgan fingerprint density at radius 3 is 2.47 bits per heavy atom. The summed E-state index contributed by atoms with van der Waals surface area (Å²) in [5.74, 6) is 0. The van der Waals surface area contributed by atoms with Crippen molar-refractivity contribution in [3.8, 4) is 11.1 Å². The summed E-state index contributed by atoms with van der Waals surface area (Å²) in [7, 11) is 0. The number of hydrogen-bond donors (Lipinski definition) is 0. The van der Waals surface area contributed by atoms with Gasteiger partial charge >= 0.3 is 0 Å². The summed E-state index contributed by atoms with van der Waals surface area (Å²) in [6.07, 6.45) is 5.04. The van der Waals surface area contributed by atoms with Gasteiger partial charge in [-0.1, -0.05) is 6.07 Å². The average molecular weight is 223 g/mol. The molecular weight excluding hydrogens is 206 g/mol. The summed E-state index contributed by atoms with van der Waals surface area (Å²) in [6, 6.07) is 2.34. The molecule has 0 fully saturated rings. The normalized spacial score (nSPS) is 12.5. The average Bonchev–Trinajstić information content (AvgIpc) is 2.66. The summed E-state index contributed by atoms with van der Waals surface area (Å²) in [4.78, 5) is 4.31. The van der Waals surface area contributed by atoms with Crippen molar-refractivity contribution < 1.29 is 0 Å². The third-order valence-electron chi connectivity index (χ3n) is 4.14. The van der Waals surface area contributed by atoms with Crippen LogP contribution in [0.2, 0.25) is 0 Å². The summed E-state index contributed by atoms with van der Waals surface area (Å²) in [5.41, 5.74) is 11.3. The van der Waals surface area contributed by atoms with E-state index in [1.807, 2.05) is 12.4 Å². The van der Waals surface area contributed by atoms with Crippen LogP contribution in [0.3, 0.4) is 0 Å². The topological polar surface area (TPSA) is 12.9 Å². The number of aryl methyl sites for hydroxylation is 2. The molecule has 1 aromatic heterocycles. The van der Waals surface area contributed by atoms with Crippen molar-refractivity contribution in [2.45, 2.75) is 34.1 Å². The van der Waals surface area contributed by atoms with Crippen LogP contribution in [0.15, 0.2) is 18.5 Å². The lowest BCUT2D eigenvalue weighted by Crippen LogP contribution is -1.93. The van der Waals surface area contributed by atoms with Gasteiger partial charge in [0.2, 0.25) is 0 Å². The minimum Gasteiger partial charge on any atom is -0.264 e. The highest BCUT2D eigenvalue weighted by Gasteiger charge is 2.23. The molecule has 1 nitrogen and oxygen atoms in total. The first-order chi connectivity index (χ1) is 8.09. The molecule has 0 unspecified atom stereocenters. The van der Waals surface area contributed by atoms with E-state index in [2.05, 4.69) is 38.7 Å². The van der Waals surface area contributed by atoms with E-state index in [9.17, 15) is 0 Å². The Bertz CT molecular complexity index is 624. The summed E-state index contributed by atoms with van der Waals surface area (Å²) in [6.45, 7) is 8.83. The van der Waals surface area contributed by atoms with E-state index in [0.717, 1.165) is 6.42 Å². The fourth-order valence-corrected chi connectivity index (χ4v) is 2.92. The van der Waals surface area contributed by atoms with Gasteiger partial charge in [0.1, 0.15) is 0 Å². The smallest absolute Gasteiger partial charge is 0.0309 e. The zero-order valence-corrected chi connectivity index (χ0v) is 10.9. The number of benzene rings is 1. The first kappa shape index (κ1) is 10.5. The number of aromatic nitrogens is 1. The van der Waals surface area contributed by atoms with Crippen LogP contribution in [0.5, 0.6) is 0 Å². The number of hydrogen-bond acceptors (Lipinski definition) is 1. The molecule has 1 heterocycles. The van der Waals surface area contributed by atoms with Gasteiger partial charge in [-0.25, -0.2) is 0 Å². The monoisotopic (exact) mass is 223 g/mol. The van der Waals surface area contributed by atoms with Crippen LogP contribution in [-0.4, -0.2) is 4.98 Å². The van der Waals surface area contributed by atoms with E-state index < -0.39 is 0 Å². The quantitative estimate of drug-likeness (QED) is 0.563. The largest absolute Gasteiger partial charge is 0.264 e. The van der Waals surface area contributed by atoms with Crippen molar-refractivity contribution in [3.05, 3.63) is 51.8 Å². The predicted octanol–water partition coefficient (Wildman–Crippen LogP) is 3.89. The molecule has 86 valence electrons. The van der Waals surface area contributed by atoms with E-state index in [4.69, 9.17) is 0 Å². The minimum atomic E-state index is 1.05. The van der Waals surface area contributed by atoms with Crippen molar-refractivity contribution >= 4 is 0 Å². The molecule has 1 heteroatoms. The van der Waals surface area contributed by atoms with Crippen LogP contribution in [0.25, 0.3) is 11.1 Å². The van der Waals surface area contributed by atoms with Crippen LogP contribution in [0, 0.1) is 27.7 Å². The molecule has 0 spiro atoms. The van der Waals surface area contributed by atoms with Crippen LogP contribution in [0.4, 0.5) is 0 Å². The highest BCUT2D eigenvalue weighted by molar-refractivity contribution is 5.81. The molecule has 17 heavy (non-hydrogen) atoms.